The Balaban J connectivity index is 1.93. The normalized spacial score (nSPS) is 16.2. The smallest absolute Gasteiger partial charge is 0.341 e. The Morgan fingerprint density at radius 3 is 2.92 bits per heavy atom. The second kappa shape index (κ2) is 7.78. The van der Waals surface area contributed by atoms with Gasteiger partial charge in [0.25, 0.3) is 5.91 Å². The van der Waals surface area contributed by atoms with E-state index in [2.05, 4.69) is 17.2 Å². The second-order valence-corrected chi connectivity index (χ2v) is 7.25. The molecule has 1 atom stereocenters. The number of carbonyl (C=O) groups excluding carboxylic acids is 2. The van der Waals surface area contributed by atoms with Gasteiger partial charge in [-0.3, -0.25) is 9.78 Å². The molecule has 1 N–H and O–H groups in total. The van der Waals surface area contributed by atoms with Gasteiger partial charge in [-0.2, -0.15) is 0 Å². The molecular formula is C19H22N2O3S. The predicted molar refractivity (Wildman–Crippen MR) is 98.3 cm³/mol. The van der Waals surface area contributed by atoms with E-state index < -0.39 is 0 Å². The molecule has 0 aromatic carbocycles. The highest BCUT2D eigenvalue weighted by Gasteiger charge is 2.29. The molecule has 5 nitrogen and oxygen atoms in total. The fourth-order valence-electron chi connectivity index (χ4n) is 3.18. The van der Waals surface area contributed by atoms with Gasteiger partial charge in [-0.15, -0.1) is 11.3 Å². The van der Waals surface area contributed by atoms with E-state index in [1.54, 1.807) is 25.3 Å². The standard InChI is InChI=1S/C19H22N2O3S/c1-3-12-7-8-14-15(10-12)25-18(16(14)19(23)24-4-2)21-17(22)13-6-5-9-20-11-13/h5-6,9,11-12H,3-4,7-8,10H2,1-2H3,(H,21,22)/t12-/m1/s1. The van der Waals surface area contributed by atoms with Crippen LogP contribution in [-0.4, -0.2) is 23.5 Å². The number of esters is 1. The molecule has 2 aromatic rings. The van der Waals surface area contributed by atoms with Crippen LogP contribution in [0.4, 0.5) is 5.00 Å². The molecule has 0 unspecified atom stereocenters. The lowest BCUT2D eigenvalue weighted by atomic mass is 9.85. The second-order valence-electron chi connectivity index (χ2n) is 6.14. The third-order valence-corrected chi connectivity index (χ3v) is 5.74. The van der Waals surface area contributed by atoms with E-state index in [0.717, 1.165) is 31.2 Å². The third-order valence-electron chi connectivity index (χ3n) is 4.58. The average molecular weight is 358 g/mol. The first kappa shape index (κ1) is 17.6. The first-order valence-corrected chi connectivity index (χ1v) is 9.48. The van der Waals surface area contributed by atoms with Crippen LogP contribution in [0.5, 0.6) is 0 Å². The largest absolute Gasteiger partial charge is 0.462 e. The Bertz CT molecular complexity index is 770. The minimum Gasteiger partial charge on any atom is -0.462 e. The van der Waals surface area contributed by atoms with E-state index in [-0.39, 0.29) is 11.9 Å². The number of nitrogens with one attached hydrogen (secondary N) is 1. The lowest BCUT2D eigenvalue weighted by Crippen LogP contribution is -2.17. The maximum atomic E-state index is 12.5. The van der Waals surface area contributed by atoms with Gasteiger partial charge < -0.3 is 10.1 Å². The zero-order valence-electron chi connectivity index (χ0n) is 14.5. The quantitative estimate of drug-likeness (QED) is 0.818. The number of hydrogen-bond donors (Lipinski definition) is 1. The fourth-order valence-corrected chi connectivity index (χ4v) is 4.53. The van der Waals surface area contributed by atoms with Gasteiger partial charge in [-0.1, -0.05) is 13.3 Å². The number of aromatic nitrogens is 1. The first-order valence-electron chi connectivity index (χ1n) is 8.67. The van der Waals surface area contributed by atoms with E-state index in [1.165, 1.54) is 22.4 Å². The van der Waals surface area contributed by atoms with E-state index in [1.807, 2.05) is 0 Å². The maximum absolute atomic E-state index is 12.5. The van der Waals surface area contributed by atoms with E-state index in [4.69, 9.17) is 4.74 Å². The van der Waals surface area contributed by atoms with Crippen molar-refractivity contribution < 1.29 is 14.3 Å². The zero-order chi connectivity index (χ0) is 17.8. The molecular weight excluding hydrogens is 336 g/mol. The lowest BCUT2D eigenvalue weighted by molar-refractivity contribution is 0.0526. The van der Waals surface area contributed by atoms with Gasteiger partial charge >= 0.3 is 5.97 Å². The summed E-state index contributed by atoms with van der Waals surface area (Å²) in [6.07, 6.45) is 7.16. The number of ether oxygens (including phenoxy) is 1. The van der Waals surface area contributed by atoms with E-state index in [0.29, 0.717) is 28.7 Å². The Labute approximate surface area is 151 Å². The summed E-state index contributed by atoms with van der Waals surface area (Å²) in [5, 5.41) is 3.49. The first-order chi connectivity index (χ1) is 12.1. The number of anilines is 1. The Morgan fingerprint density at radius 1 is 1.40 bits per heavy atom. The van der Waals surface area contributed by atoms with Gasteiger partial charge in [-0.25, -0.2) is 4.79 Å². The molecule has 1 aliphatic rings. The summed E-state index contributed by atoms with van der Waals surface area (Å²) in [5.74, 6) is 0.0313. The summed E-state index contributed by atoms with van der Waals surface area (Å²) in [6.45, 7) is 4.30. The number of nitrogens with zero attached hydrogens (tertiary/aromatic N) is 1. The highest BCUT2D eigenvalue weighted by Crippen LogP contribution is 2.41. The molecule has 0 saturated heterocycles. The highest BCUT2D eigenvalue weighted by molar-refractivity contribution is 7.17. The van der Waals surface area contributed by atoms with Crippen molar-refractivity contribution in [3.63, 3.8) is 0 Å². The Hall–Kier alpha value is -2.21. The van der Waals surface area contributed by atoms with Crippen LogP contribution in [-0.2, 0) is 17.6 Å². The number of carbonyl (C=O) groups is 2. The Morgan fingerprint density at radius 2 is 2.24 bits per heavy atom. The Kier molecular flexibility index (Phi) is 5.48. The molecule has 0 spiro atoms. The fraction of sp³-hybridized carbons (Fsp3) is 0.421. The molecule has 2 heterocycles. The van der Waals surface area contributed by atoms with Crippen molar-refractivity contribution in [1.29, 1.82) is 0 Å². The minimum atomic E-state index is -0.351. The maximum Gasteiger partial charge on any atom is 0.341 e. The van der Waals surface area contributed by atoms with E-state index >= 15 is 0 Å². The van der Waals surface area contributed by atoms with Crippen molar-refractivity contribution in [2.45, 2.75) is 39.5 Å². The third kappa shape index (κ3) is 3.74. The zero-order valence-corrected chi connectivity index (χ0v) is 15.3. The molecule has 0 radical (unpaired) electrons. The molecule has 25 heavy (non-hydrogen) atoms. The van der Waals surface area contributed by atoms with Crippen molar-refractivity contribution in [2.24, 2.45) is 5.92 Å². The molecule has 6 heteroatoms. The predicted octanol–water partition coefficient (Wildman–Crippen LogP) is 4.09. The van der Waals surface area contributed by atoms with Crippen molar-refractivity contribution in [3.05, 3.63) is 46.1 Å². The number of amides is 1. The summed E-state index contributed by atoms with van der Waals surface area (Å²) >= 11 is 1.51. The molecule has 2 aromatic heterocycles. The summed E-state index contributed by atoms with van der Waals surface area (Å²) < 4.78 is 5.24. The van der Waals surface area contributed by atoms with Gasteiger partial charge in [0.05, 0.1) is 17.7 Å². The van der Waals surface area contributed by atoms with Gasteiger partial charge in [0.15, 0.2) is 0 Å². The van der Waals surface area contributed by atoms with Crippen LogP contribution in [0, 0.1) is 5.92 Å². The number of pyridine rings is 1. The van der Waals surface area contributed by atoms with Crippen molar-refractivity contribution >= 4 is 28.2 Å². The van der Waals surface area contributed by atoms with Gasteiger partial charge in [-0.05, 0) is 49.8 Å². The van der Waals surface area contributed by atoms with Crippen LogP contribution in [0.1, 0.15) is 57.8 Å². The number of hydrogen-bond acceptors (Lipinski definition) is 5. The number of thiophene rings is 1. The van der Waals surface area contributed by atoms with Crippen LogP contribution in [0.2, 0.25) is 0 Å². The van der Waals surface area contributed by atoms with E-state index in [9.17, 15) is 9.59 Å². The molecule has 132 valence electrons. The molecule has 0 bridgehead atoms. The monoisotopic (exact) mass is 358 g/mol. The van der Waals surface area contributed by atoms with Crippen LogP contribution in [0.25, 0.3) is 0 Å². The number of rotatable bonds is 5. The van der Waals surface area contributed by atoms with Gasteiger partial charge in [0, 0.05) is 17.3 Å². The molecule has 0 saturated carbocycles. The summed E-state index contributed by atoms with van der Waals surface area (Å²) in [5.41, 5.74) is 2.05. The summed E-state index contributed by atoms with van der Waals surface area (Å²) in [7, 11) is 0. The van der Waals surface area contributed by atoms with Gasteiger partial charge in [0.2, 0.25) is 0 Å². The van der Waals surface area contributed by atoms with Crippen LogP contribution >= 0.6 is 11.3 Å². The number of fused-ring (bicyclic) bond motifs is 1. The SMILES string of the molecule is CCOC(=O)c1c(NC(=O)c2cccnc2)sc2c1CC[C@@H](CC)C2. The van der Waals surface area contributed by atoms with Crippen molar-refractivity contribution in [2.75, 3.05) is 11.9 Å². The van der Waals surface area contributed by atoms with Crippen LogP contribution in [0.15, 0.2) is 24.5 Å². The van der Waals surface area contributed by atoms with Crippen LogP contribution < -0.4 is 5.32 Å². The van der Waals surface area contributed by atoms with Crippen molar-refractivity contribution in [1.82, 2.24) is 4.98 Å². The molecule has 0 aliphatic heterocycles. The average Bonchev–Trinajstić information content (AvgIpc) is 2.99. The van der Waals surface area contributed by atoms with Crippen LogP contribution in [0.3, 0.4) is 0 Å². The minimum absolute atomic E-state index is 0.260. The lowest BCUT2D eigenvalue weighted by Gasteiger charge is -2.20. The molecule has 1 amide bonds. The van der Waals surface area contributed by atoms with Gasteiger partial charge in [0.1, 0.15) is 5.00 Å². The highest BCUT2D eigenvalue weighted by atomic mass is 32.1. The topological polar surface area (TPSA) is 68.3 Å². The van der Waals surface area contributed by atoms with Crippen molar-refractivity contribution in [3.8, 4) is 0 Å². The summed E-state index contributed by atoms with van der Waals surface area (Å²) in [4.78, 5) is 30.1. The molecule has 3 rings (SSSR count). The summed E-state index contributed by atoms with van der Waals surface area (Å²) in [6, 6.07) is 3.42. The molecule has 1 aliphatic carbocycles. The molecule has 0 fully saturated rings.